The summed E-state index contributed by atoms with van der Waals surface area (Å²) in [5.74, 6) is 0.481. The predicted molar refractivity (Wildman–Crippen MR) is 61.1 cm³/mol. The fourth-order valence-electron chi connectivity index (χ4n) is 1.32. The van der Waals surface area contributed by atoms with E-state index >= 15 is 0 Å². The molecule has 0 spiro atoms. The summed E-state index contributed by atoms with van der Waals surface area (Å²) < 4.78 is 5.73. The lowest BCUT2D eigenvalue weighted by atomic mass is 10.3. The van der Waals surface area contributed by atoms with Crippen molar-refractivity contribution in [3.63, 3.8) is 0 Å². The Morgan fingerprint density at radius 1 is 1.50 bits per heavy atom. The Hall–Kier alpha value is -1.36. The van der Waals surface area contributed by atoms with Gasteiger partial charge in [0.2, 0.25) is 0 Å². The average molecular weight is 226 g/mol. The normalized spacial score (nSPS) is 11.5. The molecule has 1 rings (SSSR count). The minimum absolute atomic E-state index is 0.168. The van der Waals surface area contributed by atoms with Crippen molar-refractivity contribution in [1.82, 2.24) is 10.5 Å². The van der Waals surface area contributed by atoms with Crippen LogP contribution in [0.4, 0.5) is 0 Å². The van der Waals surface area contributed by atoms with E-state index in [9.17, 15) is 4.79 Å². The first-order valence-electron chi connectivity index (χ1n) is 5.40. The van der Waals surface area contributed by atoms with Crippen LogP contribution in [-0.2, 0) is 0 Å². The number of hydrogen-bond donors (Lipinski definition) is 1. The number of rotatable bonds is 5. The Labute approximate surface area is 96.0 Å². The van der Waals surface area contributed by atoms with E-state index in [0.717, 1.165) is 17.4 Å². The number of nitrogens with one attached hydrogen (secondary N) is 1. The van der Waals surface area contributed by atoms with E-state index in [-0.39, 0.29) is 5.91 Å². The molecule has 5 nitrogen and oxygen atoms in total. The average Bonchev–Trinajstić information content (AvgIpc) is 2.57. The molecule has 0 unspecified atom stereocenters. The first-order chi connectivity index (χ1) is 7.38. The van der Waals surface area contributed by atoms with Gasteiger partial charge in [-0.2, -0.15) is 0 Å². The Morgan fingerprint density at radius 3 is 2.69 bits per heavy atom. The zero-order chi connectivity index (χ0) is 12.2. The van der Waals surface area contributed by atoms with E-state index in [0.29, 0.717) is 18.0 Å². The van der Waals surface area contributed by atoms with Gasteiger partial charge in [-0.1, -0.05) is 5.16 Å². The number of quaternary nitrogens is 1. The predicted octanol–water partition coefficient (Wildman–Crippen LogP) is 0.809. The summed E-state index contributed by atoms with van der Waals surface area (Å²) in [5.41, 5.74) is 0.350. The maximum Gasteiger partial charge on any atom is 0.273 e. The van der Waals surface area contributed by atoms with Crippen LogP contribution in [0.25, 0.3) is 0 Å². The van der Waals surface area contributed by atoms with Crippen molar-refractivity contribution in [1.29, 1.82) is 0 Å². The molecule has 0 saturated carbocycles. The Balaban J connectivity index is 2.26. The first kappa shape index (κ1) is 12.7. The molecule has 1 aromatic heterocycles. The summed E-state index contributed by atoms with van der Waals surface area (Å²) in [4.78, 5) is 11.5. The van der Waals surface area contributed by atoms with Crippen LogP contribution < -0.4 is 5.32 Å². The molecule has 0 atom stereocenters. The largest absolute Gasteiger partial charge is 0.361 e. The SMILES string of the molecule is Cc1cc(C(=O)NCCC[N+](C)(C)C)no1. The summed E-state index contributed by atoms with van der Waals surface area (Å²) in [7, 11) is 6.38. The van der Waals surface area contributed by atoms with Gasteiger partial charge in [0, 0.05) is 19.0 Å². The van der Waals surface area contributed by atoms with Crippen LogP contribution in [0.2, 0.25) is 0 Å². The minimum atomic E-state index is -0.168. The maximum atomic E-state index is 11.5. The van der Waals surface area contributed by atoms with Crippen molar-refractivity contribution in [2.45, 2.75) is 13.3 Å². The highest BCUT2D eigenvalue weighted by molar-refractivity contribution is 5.92. The molecule has 5 heteroatoms. The molecule has 1 N–H and O–H groups in total. The van der Waals surface area contributed by atoms with Gasteiger partial charge in [0.15, 0.2) is 5.69 Å². The van der Waals surface area contributed by atoms with E-state index in [1.807, 2.05) is 0 Å². The molecule has 0 aromatic carbocycles. The molecular weight excluding hydrogens is 206 g/mol. The molecule has 0 bridgehead atoms. The molecule has 0 aliphatic carbocycles. The molecule has 0 saturated heterocycles. The molecule has 16 heavy (non-hydrogen) atoms. The number of nitrogens with zero attached hydrogens (tertiary/aromatic N) is 2. The molecule has 0 aliphatic heterocycles. The van der Waals surface area contributed by atoms with Crippen molar-refractivity contribution in [3.8, 4) is 0 Å². The first-order valence-corrected chi connectivity index (χ1v) is 5.40. The van der Waals surface area contributed by atoms with E-state index in [1.165, 1.54) is 0 Å². The smallest absolute Gasteiger partial charge is 0.273 e. The van der Waals surface area contributed by atoms with Crippen LogP contribution in [0, 0.1) is 6.92 Å². The van der Waals surface area contributed by atoms with Gasteiger partial charge in [0.05, 0.1) is 27.7 Å². The van der Waals surface area contributed by atoms with Crippen molar-refractivity contribution < 1.29 is 13.8 Å². The fourth-order valence-corrected chi connectivity index (χ4v) is 1.32. The van der Waals surface area contributed by atoms with Gasteiger partial charge >= 0.3 is 0 Å². The van der Waals surface area contributed by atoms with Gasteiger partial charge in [-0.25, -0.2) is 0 Å². The second kappa shape index (κ2) is 5.12. The lowest BCUT2D eigenvalue weighted by Gasteiger charge is -2.23. The quantitative estimate of drug-likeness (QED) is 0.597. The second-order valence-corrected chi connectivity index (χ2v) is 4.95. The maximum absolute atomic E-state index is 11.5. The van der Waals surface area contributed by atoms with Gasteiger partial charge in [0.1, 0.15) is 5.76 Å². The Morgan fingerprint density at radius 2 is 2.19 bits per heavy atom. The minimum Gasteiger partial charge on any atom is -0.361 e. The summed E-state index contributed by atoms with van der Waals surface area (Å²) in [6.07, 6.45) is 0.950. The zero-order valence-corrected chi connectivity index (χ0v) is 10.4. The molecule has 0 fully saturated rings. The van der Waals surface area contributed by atoms with Gasteiger partial charge in [-0.05, 0) is 6.92 Å². The van der Waals surface area contributed by atoms with Crippen LogP contribution in [0.15, 0.2) is 10.6 Å². The lowest BCUT2D eigenvalue weighted by molar-refractivity contribution is -0.870. The van der Waals surface area contributed by atoms with Crippen molar-refractivity contribution in [2.75, 3.05) is 34.2 Å². The molecule has 1 amide bonds. The Kier molecular flexibility index (Phi) is 4.06. The number of aryl methyl sites for hydroxylation is 1. The van der Waals surface area contributed by atoms with Gasteiger partial charge in [0.25, 0.3) is 5.91 Å². The summed E-state index contributed by atoms with van der Waals surface area (Å²) >= 11 is 0. The third-order valence-electron chi connectivity index (χ3n) is 2.15. The highest BCUT2D eigenvalue weighted by Crippen LogP contribution is 2.01. The standard InChI is InChI=1S/C11H19N3O2/c1-9-8-10(13-16-9)11(15)12-6-5-7-14(2,3)4/h8H,5-7H2,1-4H3/p+1. The zero-order valence-electron chi connectivity index (χ0n) is 10.4. The van der Waals surface area contributed by atoms with E-state index in [2.05, 4.69) is 31.6 Å². The molecule has 1 heterocycles. The van der Waals surface area contributed by atoms with Crippen molar-refractivity contribution in [2.24, 2.45) is 0 Å². The third-order valence-corrected chi connectivity index (χ3v) is 2.15. The van der Waals surface area contributed by atoms with E-state index in [4.69, 9.17) is 4.52 Å². The van der Waals surface area contributed by atoms with Crippen LogP contribution in [-0.4, -0.2) is 49.8 Å². The number of aromatic nitrogens is 1. The number of carbonyl (C=O) groups is 1. The highest BCUT2D eigenvalue weighted by atomic mass is 16.5. The van der Waals surface area contributed by atoms with E-state index < -0.39 is 0 Å². The topological polar surface area (TPSA) is 55.1 Å². The van der Waals surface area contributed by atoms with Crippen molar-refractivity contribution in [3.05, 3.63) is 17.5 Å². The summed E-state index contributed by atoms with van der Waals surface area (Å²) in [6, 6.07) is 1.63. The second-order valence-electron chi connectivity index (χ2n) is 4.95. The lowest BCUT2D eigenvalue weighted by Crippen LogP contribution is -2.37. The molecule has 90 valence electrons. The summed E-state index contributed by atoms with van der Waals surface area (Å²) in [5, 5.41) is 6.47. The molecular formula is C11H20N3O2+. The summed E-state index contributed by atoms with van der Waals surface area (Å²) in [6.45, 7) is 3.46. The van der Waals surface area contributed by atoms with Crippen LogP contribution in [0.3, 0.4) is 0 Å². The highest BCUT2D eigenvalue weighted by Gasteiger charge is 2.11. The molecule has 0 radical (unpaired) electrons. The van der Waals surface area contributed by atoms with Crippen LogP contribution >= 0.6 is 0 Å². The molecule has 0 aliphatic rings. The monoisotopic (exact) mass is 226 g/mol. The number of amides is 1. The van der Waals surface area contributed by atoms with Crippen LogP contribution in [0.5, 0.6) is 0 Å². The number of carbonyl (C=O) groups excluding carboxylic acids is 1. The van der Waals surface area contributed by atoms with Crippen LogP contribution in [0.1, 0.15) is 22.7 Å². The fraction of sp³-hybridized carbons (Fsp3) is 0.636. The van der Waals surface area contributed by atoms with Gasteiger partial charge in [-0.3, -0.25) is 4.79 Å². The third kappa shape index (κ3) is 4.44. The van der Waals surface area contributed by atoms with E-state index in [1.54, 1.807) is 13.0 Å². The van der Waals surface area contributed by atoms with Gasteiger partial charge in [-0.15, -0.1) is 0 Å². The number of hydrogen-bond acceptors (Lipinski definition) is 3. The Bertz CT molecular complexity index is 352. The van der Waals surface area contributed by atoms with Crippen molar-refractivity contribution >= 4 is 5.91 Å². The molecule has 1 aromatic rings. The van der Waals surface area contributed by atoms with Gasteiger partial charge < -0.3 is 14.3 Å².